The highest BCUT2D eigenvalue weighted by Gasteiger charge is 2.14. The summed E-state index contributed by atoms with van der Waals surface area (Å²) in [6.07, 6.45) is 3.72. The second kappa shape index (κ2) is 6.42. The van der Waals surface area contributed by atoms with Gasteiger partial charge in [-0.05, 0) is 46.7 Å². The third-order valence-corrected chi connectivity index (χ3v) is 6.04. The Morgan fingerprint density at radius 2 is 1.77 bits per heavy atom. The Hall–Kier alpha value is -2.92. The molecular formula is C21H17NO3S. The normalized spacial score (nSPS) is 12.3. The van der Waals surface area contributed by atoms with E-state index in [2.05, 4.69) is 29.2 Å². The molecule has 4 aromatic rings. The van der Waals surface area contributed by atoms with E-state index in [0.29, 0.717) is 17.0 Å². The number of nitrogens with zero attached hydrogens (tertiary/aromatic N) is 1. The Morgan fingerprint density at radius 1 is 0.962 bits per heavy atom. The monoisotopic (exact) mass is 363 g/mol. The van der Waals surface area contributed by atoms with Crippen molar-refractivity contribution in [2.24, 2.45) is 0 Å². The summed E-state index contributed by atoms with van der Waals surface area (Å²) in [5, 5.41) is 2.36. The SMILES string of the molecule is CCS(=O)(=O)c1ccc2oc(/C=C/c3ccc4ccccc4c3)nc2c1. The molecule has 0 radical (unpaired) electrons. The summed E-state index contributed by atoms with van der Waals surface area (Å²) in [5.74, 6) is 0.504. The number of hydrogen-bond donors (Lipinski definition) is 0. The highest BCUT2D eigenvalue weighted by molar-refractivity contribution is 7.91. The molecule has 0 amide bonds. The third-order valence-electron chi connectivity index (χ3n) is 4.31. The molecule has 0 spiro atoms. The molecule has 0 aliphatic rings. The predicted octanol–water partition coefficient (Wildman–Crippen LogP) is 4.95. The first-order valence-electron chi connectivity index (χ1n) is 8.35. The Morgan fingerprint density at radius 3 is 2.58 bits per heavy atom. The summed E-state index contributed by atoms with van der Waals surface area (Å²) in [6, 6.07) is 19.2. The van der Waals surface area contributed by atoms with Gasteiger partial charge in [-0.3, -0.25) is 0 Å². The van der Waals surface area contributed by atoms with Gasteiger partial charge in [0, 0.05) is 6.08 Å². The Kier molecular flexibility index (Phi) is 4.09. The van der Waals surface area contributed by atoms with Crippen LogP contribution in [0.25, 0.3) is 34.0 Å². The van der Waals surface area contributed by atoms with Crippen molar-refractivity contribution in [1.82, 2.24) is 4.98 Å². The van der Waals surface area contributed by atoms with Crippen LogP contribution in [-0.2, 0) is 9.84 Å². The fraction of sp³-hybridized carbons (Fsp3) is 0.0952. The molecule has 0 unspecified atom stereocenters. The second-order valence-electron chi connectivity index (χ2n) is 6.02. The molecule has 0 atom stereocenters. The van der Waals surface area contributed by atoms with Gasteiger partial charge in [-0.1, -0.05) is 43.3 Å². The van der Waals surface area contributed by atoms with Crippen LogP contribution in [0, 0.1) is 0 Å². The predicted molar refractivity (Wildman–Crippen MR) is 105 cm³/mol. The van der Waals surface area contributed by atoms with Gasteiger partial charge in [0.15, 0.2) is 15.4 Å². The van der Waals surface area contributed by atoms with Crippen LogP contribution in [0.3, 0.4) is 0 Å². The van der Waals surface area contributed by atoms with Crippen LogP contribution in [0.2, 0.25) is 0 Å². The molecule has 0 saturated heterocycles. The van der Waals surface area contributed by atoms with Crippen LogP contribution in [0.4, 0.5) is 0 Å². The summed E-state index contributed by atoms with van der Waals surface area (Å²) in [4.78, 5) is 4.65. The molecule has 0 bridgehead atoms. The van der Waals surface area contributed by atoms with Crippen molar-refractivity contribution in [2.45, 2.75) is 11.8 Å². The van der Waals surface area contributed by atoms with Crippen LogP contribution in [0.1, 0.15) is 18.4 Å². The van der Waals surface area contributed by atoms with Gasteiger partial charge in [0.2, 0.25) is 5.89 Å². The summed E-state index contributed by atoms with van der Waals surface area (Å²) >= 11 is 0. The molecule has 0 aliphatic carbocycles. The number of oxazole rings is 1. The molecule has 130 valence electrons. The van der Waals surface area contributed by atoms with E-state index in [1.807, 2.05) is 24.3 Å². The topological polar surface area (TPSA) is 60.2 Å². The molecule has 1 aromatic heterocycles. The maximum Gasteiger partial charge on any atom is 0.220 e. The third kappa shape index (κ3) is 3.13. The first-order valence-corrected chi connectivity index (χ1v) is 10.0. The van der Waals surface area contributed by atoms with E-state index in [0.717, 1.165) is 5.56 Å². The first kappa shape index (κ1) is 16.5. The van der Waals surface area contributed by atoms with E-state index in [9.17, 15) is 8.42 Å². The lowest BCUT2D eigenvalue weighted by Crippen LogP contribution is -2.03. The number of aromatic nitrogens is 1. The lowest BCUT2D eigenvalue weighted by atomic mass is 10.1. The van der Waals surface area contributed by atoms with Crippen molar-refractivity contribution in [2.75, 3.05) is 5.75 Å². The van der Waals surface area contributed by atoms with E-state index in [-0.39, 0.29) is 10.6 Å². The summed E-state index contributed by atoms with van der Waals surface area (Å²) in [7, 11) is -3.26. The second-order valence-corrected chi connectivity index (χ2v) is 8.30. The quantitative estimate of drug-likeness (QED) is 0.515. The molecule has 4 rings (SSSR count). The van der Waals surface area contributed by atoms with Crippen molar-refractivity contribution in [1.29, 1.82) is 0 Å². The van der Waals surface area contributed by atoms with Crippen LogP contribution in [-0.4, -0.2) is 19.2 Å². The van der Waals surface area contributed by atoms with Crippen LogP contribution in [0.15, 0.2) is 70.0 Å². The van der Waals surface area contributed by atoms with Gasteiger partial charge in [0.1, 0.15) is 5.52 Å². The number of fused-ring (bicyclic) bond motifs is 2. The number of rotatable bonds is 4. The molecule has 1 heterocycles. The zero-order valence-electron chi connectivity index (χ0n) is 14.2. The van der Waals surface area contributed by atoms with Gasteiger partial charge in [-0.2, -0.15) is 0 Å². The van der Waals surface area contributed by atoms with E-state index in [4.69, 9.17) is 4.42 Å². The van der Waals surface area contributed by atoms with Crippen molar-refractivity contribution < 1.29 is 12.8 Å². The number of benzene rings is 3. The molecule has 3 aromatic carbocycles. The summed E-state index contributed by atoms with van der Waals surface area (Å²) in [6.45, 7) is 1.63. The zero-order chi connectivity index (χ0) is 18.1. The van der Waals surface area contributed by atoms with Crippen LogP contribution >= 0.6 is 0 Å². The van der Waals surface area contributed by atoms with Crippen molar-refractivity contribution in [3.63, 3.8) is 0 Å². The minimum absolute atomic E-state index is 0.0606. The van der Waals surface area contributed by atoms with E-state index >= 15 is 0 Å². The van der Waals surface area contributed by atoms with Gasteiger partial charge < -0.3 is 4.42 Å². The number of hydrogen-bond acceptors (Lipinski definition) is 4. The average molecular weight is 363 g/mol. The number of sulfone groups is 1. The molecule has 4 nitrogen and oxygen atoms in total. The van der Waals surface area contributed by atoms with Gasteiger partial charge in [-0.15, -0.1) is 0 Å². The molecule has 0 fully saturated rings. The molecule has 0 N–H and O–H groups in total. The maximum atomic E-state index is 12.0. The van der Waals surface area contributed by atoms with Crippen LogP contribution in [0.5, 0.6) is 0 Å². The molecule has 0 saturated carbocycles. The Bertz CT molecular complexity index is 1240. The Balaban J connectivity index is 1.66. The minimum Gasteiger partial charge on any atom is -0.437 e. The molecule has 0 aliphatic heterocycles. The molecule has 26 heavy (non-hydrogen) atoms. The fourth-order valence-electron chi connectivity index (χ4n) is 2.84. The largest absolute Gasteiger partial charge is 0.437 e. The van der Waals surface area contributed by atoms with Gasteiger partial charge in [-0.25, -0.2) is 13.4 Å². The standard InChI is InChI=1S/C21H17NO3S/c1-2-26(23,24)18-10-11-20-19(14-18)22-21(25-20)12-8-15-7-9-16-5-3-4-6-17(16)13-15/h3-14H,2H2,1H3/b12-8+. The molecular weight excluding hydrogens is 346 g/mol. The van der Waals surface area contributed by atoms with Crippen molar-refractivity contribution in [3.05, 3.63) is 72.1 Å². The van der Waals surface area contributed by atoms with Gasteiger partial charge in [0.25, 0.3) is 0 Å². The van der Waals surface area contributed by atoms with Crippen molar-refractivity contribution >= 4 is 43.9 Å². The van der Waals surface area contributed by atoms with E-state index in [1.54, 1.807) is 31.2 Å². The Labute approximate surface area is 151 Å². The van der Waals surface area contributed by atoms with Gasteiger partial charge >= 0.3 is 0 Å². The minimum atomic E-state index is -3.26. The smallest absolute Gasteiger partial charge is 0.220 e. The van der Waals surface area contributed by atoms with E-state index < -0.39 is 9.84 Å². The lowest BCUT2D eigenvalue weighted by Gasteiger charge is -1.99. The average Bonchev–Trinajstić information content (AvgIpc) is 3.08. The first-order chi connectivity index (χ1) is 12.5. The summed E-state index contributed by atoms with van der Waals surface area (Å²) < 4.78 is 29.7. The van der Waals surface area contributed by atoms with E-state index in [1.165, 1.54) is 10.8 Å². The van der Waals surface area contributed by atoms with Crippen LogP contribution < -0.4 is 0 Å². The summed E-state index contributed by atoms with van der Waals surface area (Å²) in [5.41, 5.74) is 2.15. The van der Waals surface area contributed by atoms with Crippen molar-refractivity contribution in [3.8, 4) is 0 Å². The maximum absolute atomic E-state index is 12.0. The highest BCUT2D eigenvalue weighted by atomic mass is 32.2. The van der Waals surface area contributed by atoms with Gasteiger partial charge in [0.05, 0.1) is 10.6 Å². The fourth-order valence-corrected chi connectivity index (χ4v) is 3.74. The lowest BCUT2D eigenvalue weighted by molar-refractivity contribution is 0.589. The molecule has 5 heteroatoms. The zero-order valence-corrected chi connectivity index (χ0v) is 15.0. The highest BCUT2D eigenvalue weighted by Crippen LogP contribution is 2.22.